The molecule has 3 nitrogen and oxygen atoms in total. The van der Waals surface area contributed by atoms with Gasteiger partial charge in [0.1, 0.15) is 6.10 Å². The van der Waals surface area contributed by atoms with Gasteiger partial charge < -0.3 is 9.47 Å². The first-order valence-electron chi connectivity index (χ1n) is 6.99. The van der Waals surface area contributed by atoms with Gasteiger partial charge in [0.25, 0.3) is 0 Å². The highest BCUT2D eigenvalue weighted by Crippen LogP contribution is 2.29. The van der Waals surface area contributed by atoms with Crippen molar-refractivity contribution in [3.8, 4) is 11.5 Å². The summed E-state index contributed by atoms with van der Waals surface area (Å²) < 4.78 is 11.2. The summed E-state index contributed by atoms with van der Waals surface area (Å²) in [7, 11) is 1.58. The third-order valence-electron chi connectivity index (χ3n) is 3.26. The summed E-state index contributed by atoms with van der Waals surface area (Å²) in [4.78, 5) is 11.4. The summed E-state index contributed by atoms with van der Waals surface area (Å²) in [6.45, 7) is 3.55. The third-order valence-corrected chi connectivity index (χ3v) is 3.26. The molecule has 1 atom stereocenters. The van der Waals surface area contributed by atoms with Gasteiger partial charge in [0.15, 0.2) is 17.3 Å². The van der Waals surface area contributed by atoms with Crippen LogP contribution < -0.4 is 9.47 Å². The van der Waals surface area contributed by atoms with E-state index in [0.29, 0.717) is 17.1 Å². The van der Waals surface area contributed by atoms with Gasteiger partial charge in [-0.1, -0.05) is 30.3 Å². The van der Waals surface area contributed by atoms with Crippen LogP contribution in [-0.2, 0) is 6.42 Å². The molecule has 0 radical (unpaired) electrons. The molecule has 3 heteroatoms. The molecule has 2 aromatic rings. The van der Waals surface area contributed by atoms with Crippen LogP contribution in [0, 0.1) is 0 Å². The van der Waals surface area contributed by atoms with Crippen molar-refractivity contribution in [2.75, 3.05) is 7.11 Å². The van der Waals surface area contributed by atoms with Gasteiger partial charge in [-0.25, -0.2) is 0 Å². The van der Waals surface area contributed by atoms with Gasteiger partial charge in [0.2, 0.25) is 0 Å². The quantitative estimate of drug-likeness (QED) is 0.754. The van der Waals surface area contributed by atoms with Crippen LogP contribution in [0.15, 0.2) is 48.5 Å². The van der Waals surface area contributed by atoms with Gasteiger partial charge in [-0.05, 0) is 37.6 Å². The lowest BCUT2D eigenvalue weighted by atomic mass is 10.1. The van der Waals surface area contributed by atoms with E-state index in [-0.39, 0.29) is 11.9 Å². The highest BCUT2D eigenvalue weighted by molar-refractivity contribution is 5.94. The Hall–Kier alpha value is -2.29. The number of benzene rings is 2. The Balaban J connectivity index is 2.10. The maximum absolute atomic E-state index is 11.4. The lowest BCUT2D eigenvalue weighted by Gasteiger charge is -2.17. The third kappa shape index (κ3) is 4.09. The Kier molecular flexibility index (Phi) is 4.99. The molecule has 0 unspecified atom stereocenters. The van der Waals surface area contributed by atoms with Crippen molar-refractivity contribution in [3.05, 3.63) is 59.7 Å². The van der Waals surface area contributed by atoms with Crippen molar-refractivity contribution < 1.29 is 14.3 Å². The Labute approximate surface area is 125 Å². The van der Waals surface area contributed by atoms with Crippen molar-refractivity contribution >= 4 is 5.78 Å². The zero-order valence-corrected chi connectivity index (χ0v) is 12.6. The number of ether oxygens (including phenoxy) is 2. The lowest BCUT2D eigenvalue weighted by Crippen LogP contribution is -2.15. The van der Waals surface area contributed by atoms with Crippen molar-refractivity contribution in [1.29, 1.82) is 0 Å². The standard InChI is InChI=1S/C18H20O3/c1-13(11-15-7-5-4-6-8-15)21-17-10-9-16(14(2)19)12-18(17)20-3/h4-10,12-13H,11H2,1-3H3/t13-/m0/s1. The fourth-order valence-corrected chi connectivity index (χ4v) is 2.19. The van der Waals surface area contributed by atoms with E-state index < -0.39 is 0 Å². The molecule has 0 saturated carbocycles. The molecule has 110 valence electrons. The molecule has 0 heterocycles. The molecular weight excluding hydrogens is 264 g/mol. The van der Waals surface area contributed by atoms with Gasteiger partial charge >= 0.3 is 0 Å². The topological polar surface area (TPSA) is 35.5 Å². The smallest absolute Gasteiger partial charge is 0.161 e. The van der Waals surface area contributed by atoms with Crippen molar-refractivity contribution in [3.63, 3.8) is 0 Å². The summed E-state index contributed by atoms with van der Waals surface area (Å²) in [5.41, 5.74) is 1.85. The molecule has 0 saturated heterocycles. The van der Waals surface area contributed by atoms with Crippen molar-refractivity contribution in [1.82, 2.24) is 0 Å². The van der Waals surface area contributed by atoms with E-state index in [1.807, 2.05) is 25.1 Å². The van der Waals surface area contributed by atoms with E-state index in [1.165, 1.54) is 12.5 Å². The summed E-state index contributed by atoms with van der Waals surface area (Å²) in [6.07, 6.45) is 0.836. The molecule has 0 bridgehead atoms. The Morgan fingerprint density at radius 3 is 2.43 bits per heavy atom. The van der Waals surface area contributed by atoms with Gasteiger partial charge in [0.05, 0.1) is 7.11 Å². The van der Waals surface area contributed by atoms with E-state index >= 15 is 0 Å². The van der Waals surface area contributed by atoms with Crippen LogP contribution >= 0.6 is 0 Å². The largest absolute Gasteiger partial charge is 0.493 e. The second kappa shape index (κ2) is 6.93. The van der Waals surface area contributed by atoms with Crippen LogP contribution in [0.1, 0.15) is 29.8 Å². The Bertz CT molecular complexity index is 605. The molecule has 0 N–H and O–H groups in total. The van der Waals surface area contributed by atoms with Crippen molar-refractivity contribution in [2.45, 2.75) is 26.4 Å². The zero-order valence-electron chi connectivity index (χ0n) is 12.6. The first-order valence-corrected chi connectivity index (χ1v) is 6.99. The molecule has 2 aromatic carbocycles. The summed E-state index contributed by atoms with van der Waals surface area (Å²) in [5.74, 6) is 1.26. The number of methoxy groups -OCH3 is 1. The molecule has 21 heavy (non-hydrogen) atoms. The maximum atomic E-state index is 11.4. The predicted octanol–water partition coefficient (Wildman–Crippen LogP) is 3.91. The average molecular weight is 284 g/mol. The molecule has 0 aliphatic carbocycles. The molecule has 0 spiro atoms. The predicted molar refractivity (Wildman–Crippen MR) is 83.2 cm³/mol. The molecule has 2 rings (SSSR count). The van der Waals surface area contributed by atoms with E-state index in [9.17, 15) is 4.79 Å². The van der Waals surface area contributed by atoms with Gasteiger partial charge in [-0.2, -0.15) is 0 Å². The van der Waals surface area contributed by atoms with Gasteiger partial charge in [0, 0.05) is 12.0 Å². The van der Waals surface area contributed by atoms with E-state index in [1.54, 1.807) is 25.3 Å². The van der Waals surface area contributed by atoms with E-state index in [2.05, 4.69) is 12.1 Å². The zero-order chi connectivity index (χ0) is 15.2. The van der Waals surface area contributed by atoms with Crippen LogP contribution in [0.5, 0.6) is 11.5 Å². The Morgan fingerprint density at radius 1 is 1.10 bits per heavy atom. The molecule has 0 amide bonds. The fraction of sp³-hybridized carbons (Fsp3) is 0.278. The average Bonchev–Trinajstić information content (AvgIpc) is 2.48. The highest BCUT2D eigenvalue weighted by Gasteiger charge is 2.12. The van der Waals surface area contributed by atoms with Crippen LogP contribution in [-0.4, -0.2) is 19.0 Å². The van der Waals surface area contributed by atoms with E-state index in [0.717, 1.165) is 6.42 Å². The first kappa shape index (κ1) is 15.1. The normalized spacial score (nSPS) is 11.8. The molecule has 0 fully saturated rings. The summed E-state index contributed by atoms with van der Waals surface area (Å²) in [5, 5.41) is 0. The highest BCUT2D eigenvalue weighted by atomic mass is 16.5. The second-order valence-electron chi connectivity index (χ2n) is 5.04. The SMILES string of the molecule is COc1cc(C(C)=O)ccc1O[C@@H](C)Cc1ccccc1. The van der Waals surface area contributed by atoms with Crippen LogP contribution in [0.3, 0.4) is 0 Å². The maximum Gasteiger partial charge on any atom is 0.161 e. The Morgan fingerprint density at radius 2 is 1.81 bits per heavy atom. The number of hydrogen-bond acceptors (Lipinski definition) is 3. The minimum Gasteiger partial charge on any atom is -0.493 e. The molecule has 0 aromatic heterocycles. The van der Waals surface area contributed by atoms with Crippen LogP contribution in [0.2, 0.25) is 0 Å². The monoisotopic (exact) mass is 284 g/mol. The number of ketones is 1. The van der Waals surface area contributed by atoms with Gasteiger partial charge in [-0.3, -0.25) is 4.79 Å². The fourth-order valence-electron chi connectivity index (χ4n) is 2.19. The minimum absolute atomic E-state index is 0.0113. The van der Waals surface area contributed by atoms with Crippen LogP contribution in [0.25, 0.3) is 0 Å². The minimum atomic E-state index is 0.0113. The van der Waals surface area contributed by atoms with Crippen molar-refractivity contribution in [2.24, 2.45) is 0 Å². The second-order valence-corrected chi connectivity index (χ2v) is 5.04. The number of rotatable bonds is 6. The molecular formula is C18H20O3. The number of carbonyl (C=O) groups is 1. The number of hydrogen-bond donors (Lipinski definition) is 0. The number of Topliss-reactive ketones (excluding diaryl/α,β-unsaturated/α-hetero) is 1. The van der Waals surface area contributed by atoms with E-state index in [4.69, 9.17) is 9.47 Å². The molecule has 0 aliphatic rings. The summed E-state index contributed by atoms with van der Waals surface area (Å²) >= 11 is 0. The van der Waals surface area contributed by atoms with Gasteiger partial charge in [-0.15, -0.1) is 0 Å². The lowest BCUT2D eigenvalue weighted by molar-refractivity contribution is 0.101. The van der Waals surface area contributed by atoms with Crippen LogP contribution in [0.4, 0.5) is 0 Å². The number of carbonyl (C=O) groups excluding carboxylic acids is 1. The first-order chi connectivity index (χ1) is 10.1. The molecule has 0 aliphatic heterocycles. The summed E-state index contributed by atoms with van der Waals surface area (Å²) in [6, 6.07) is 15.5.